The van der Waals surface area contributed by atoms with Crippen molar-refractivity contribution in [1.29, 1.82) is 0 Å². The largest absolute Gasteiger partial charge is 0.756 e. The molecule has 0 saturated heterocycles. The van der Waals surface area contributed by atoms with E-state index >= 15 is 0 Å². The molecule has 0 aliphatic heterocycles. The Morgan fingerprint density at radius 3 is 1.24 bits per heavy atom. The van der Waals surface area contributed by atoms with E-state index in [0.717, 1.165) is 77.0 Å². The van der Waals surface area contributed by atoms with Crippen LogP contribution in [0, 0.1) is 0 Å². The summed E-state index contributed by atoms with van der Waals surface area (Å²) in [4.78, 5) is 25.6. The van der Waals surface area contributed by atoms with Gasteiger partial charge in [0.05, 0.1) is 39.9 Å². The predicted octanol–water partition coefficient (Wildman–Crippen LogP) is 18.5. The Kier molecular flexibility index (Phi) is 53.1. The van der Waals surface area contributed by atoms with E-state index in [0.29, 0.717) is 23.9 Å². The summed E-state index contributed by atoms with van der Waals surface area (Å²) < 4.78 is 23.4. The van der Waals surface area contributed by atoms with Crippen LogP contribution in [0.3, 0.4) is 0 Å². The molecule has 0 radical (unpaired) electrons. The highest BCUT2D eigenvalue weighted by Crippen LogP contribution is 2.38. The van der Waals surface area contributed by atoms with Crippen molar-refractivity contribution >= 4 is 13.7 Å². The topological polar surface area (TPSA) is 108 Å². The van der Waals surface area contributed by atoms with Gasteiger partial charge in [-0.2, -0.15) is 0 Å². The molecule has 0 aliphatic rings. The summed E-state index contributed by atoms with van der Waals surface area (Å²) in [5.41, 5.74) is 0. The number of rotatable bonds is 57. The highest BCUT2D eigenvalue weighted by Gasteiger charge is 2.24. The minimum atomic E-state index is -4.58. The first-order valence-electron chi connectivity index (χ1n) is 31.0. The fourth-order valence-electron chi connectivity index (χ4n) is 9.27. The van der Waals surface area contributed by atoms with Crippen LogP contribution in [0.2, 0.25) is 0 Å². The molecule has 72 heavy (non-hydrogen) atoms. The highest BCUT2D eigenvalue weighted by molar-refractivity contribution is 7.45. The highest BCUT2D eigenvalue weighted by atomic mass is 31.2. The molecule has 0 saturated carbocycles. The molecule has 0 heterocycles. The van der Waals surface area contributed by atoms with Gasteiger partial charge in [-0.15, -0.1) is 0 Å². The first kappa shape index (κ1) is 70.5. The number of quaternary nitrogens is 1. The number of hydrogen-bond acceptors (Lipinski definition) is 6. The Labute approximate surface area is 448 Å². The lowest BCUT2D eigenvalue weighted by molar-refractivity contribution is -0.870. The van der Waals surface area contributed by atoms with Crippen LogP contribution >= 0.6 is 7.82 Å². The minimum Gasteiger partial charge on any atom is -0.756 e. The number of carbonyl (C=O) groups is 1. The molecule has 9 heteroatoms. The smallest absolute Gasteiger partial charge is 0.268 e. The van der Waals surface area contributed by atoms with Crippen molar-refractivity contribution in [1.82, 2.24) is 5.32 Å². The first-order chi connectivity index (χ1) is 35.0. The number of amides is 1. The summed E-state index contributed by atoms with van der Waals surface area (Å²) in [6.07, 6.45) is 71.7. The Morgan fingerprint density at radius 2 is 0.847 bits per heavy atom. The zero-order valence-electron chi connectivity index (χ0n) is 48.4. The predicted molar refractivity (Wildman–Crippen MR) is 311 cm³/mol. The molecule has 0 aliphatic carbocycles. The number of hydrogen-bond donors (Lipinski definition) is 2. The zero-order chi connectivity index (χ0) is 52.7. The van der Waals surface area contributed by atoms with Crippen LogP contribution in [0.15, 0.2) is 48.6 Å². The number of carbonyl (C=O) groups excluding carboxylic acids is 1. The lowest BCUT2D eigenvalue weighted by Gasteiger charge is -2.30. The fourth-order valence-corrected chi connectivity index (χ4v) is 9.99. The number of phosphoric acid groups is 1. The summed E-state index contributed by atoms with van der Waals surface area (Å²) in [5, 5.41) is 14.0. The van der Waals surface area contributed by atoms with Crippen LogP contribution in [0.25, 0.3) is 0 Å². The van der Waals surface area contributed by atoms with Crippen LogP contribution in [0.1, 0.15) is 296 Å². The van der Waals surface area contributed by atoms with Gasteiger partial charge < -0.3 is 28.8 Å². The van der Waals surface area contributed by atoms with Gasteiger partial charge in [0, 0.05) is 6.42 Å². The third kappa shape index (κ3) is 56.2. The van der Waals surface area contributed by atoms with Crippen LogP contribution in [-0.4, -0.2) is 68.5 Å². The zero-order valence-corrected chi connectivity index (χ0v) is 49.3. The van der Waals surface area contributed by atoms with Gasteiger partial charge in [-0.1, -0.05) is 287 Å². The number of likely N-dealkylation sites (N-methyl/N-ethyl adjacent to an activating group) is 1. The molecule has 2 N–H and O–H groups in total. The van der Waals surface area contributed by atoms with Gasteiger partial charge in [-0.25, -0.2) is 0 Å². The number of allylic oxidation sites excluding steroid dienone is 8. The van der Waals surface area contributed by atoms with E-state index in [1.54, 1.807) is 0 Å². The number of aliphatic hydroxyl groups is 1. The molecule has 0 bridgehead atoms. The third-order valence-corrected chi connectivity index (χ3v) is 15.0. The van der Waals surface area contributed by atoms with Crippen molar-refractivity contribution in [2.45, 2.75) is 309 Å². The number of nitrogens with zero attached hydrogens (tertiary/aromatic N) is 1. The van der Waals surface area contributed by atoms with Crippen molar-refractivity contribution in [2.24, 2.45) is 0 Å². The Morgan fingerprint density at radius 1 is 0.500 bits per heavy atom. The fraction of sp³-hybridized carbons (Fsp3) is 0.857. The summed E-state index contributed by atoms with van der Waals surface area (Å²) in [6, 6.07) is -0.811. The van der Waals surface area contributed by atoms with Crippen LogP contribution in [0.4, 0.5) is 0 Å². The Balaban J connectivity index is 4.07. The van der Waals surface area contributed by atoms with Crippen LogP contribution < -0.4 is 10.2 Å². The maximum atomic E-state index is 13.0. The number of unbranched alkanes of at least 4 members (excludes halogenated alkanes) is 36. The van der Waals surface area contributed by atoms with Gasteiger partial charge in [-0.05, 0) is 51.4 Å². The van der Waals surface area contributed by atoms with Crippen molar-refractivity contribution in [2.75, 3.05) is 40.9 Å². The minimum absolute atomic E-state index is 0.00791. The molecule has 3 atom stereocenters. The van der Waals surface area contributed by atoms with E-state index in [9.17, 15) is 19.4 Å². The van der Waals surface area contributed by atoms with Crippen molar-refractivity contribution in [3.05, 3.63) is 48.6 Å². The molecule has 0 aromatic carbocycles. The molecule has 0 spiro atoms. The average molecular weight is 1030 g/mol. The molecule has 0 rings (SSSR count). The number of phosphoric ester groups is 1. The standard InChI is InChI=1S/C63H121N2O6P/c1-6-8-10-12-14-16-18-20-22-24-26-27-28-29-30-31-32-33-34-35-36-37-39-40-42-44-46-48-50-52-54-56-62(66)61(60-71-72(68,69)70-59-58-65(3,4)5)64-63(67)57-55-53-51-49-47-45-43-41-38-25-23-21-19-17-15-13-11-9-7-2/h9,11,15,17,21,23,38,41,61-62,66H,6-8,10,12-14,16,18-20,22,24-37,39-40,42-60H2,1-5H3,(H-,64,67,68,69)/b11-9-,17-15-,23-21-,41-38-. The quantitative estimate of drug-likeness (QED) is 0.0272. The molecular weight excluding hydrogens is 912 g/mol. The van der Waals surface area contributed by atoms with Gasteiger partial charge in [0.15, 0.2) is 0 Å². The van der Waals surface area contributed by atoms with Crippen LogP contribution in [0.5, 0.6) is 0 Å². The van der Waals surface area contributed by atoms with Gasteiger partial charge in [-0.3, -0.25) is 9.36 Å². The second-order valence-electron chi connectivity index (χ2n) is 22.4. The maximum absolute atomic E-state index is 13.0. The van der Waals surface area contributed by atoms with E-state index in [2.05, 4.69) is 67.8 Å². The lowest BCUT2D eigenvalue weighted by Crippen LogP contribution is -2.46. The van der Waals surface area contributed by atoms with Crippen molar-refractivity contribution in [3.63, 3.8) is 0 Å². The molecule has 0 fully saturated rings. The number of nitrogens with one attached hydrogen (secondary N) is 1. The van der Waals surface area contributed by atoms with Gasteiger partial charge in [0.1, 0.15) is 13.2 Å². The normalized spacial score (nSPS) is 14.2. The SMILES string of the molecule is CC/C=C\C/C=C\C/C=C\C/C=C\CCCCCCCCC(=O)NC(COP(=O)([O-])OCC[N+](C)(C)C)C(O)CCCCCCCCCCCCCCCCCCCCCCCCCCCCCCCCC. The van der Waals surface area contributed by atoms with Crippen molar-refractivity contribution < 1.29 is 32.9 Å². The average Bonchev–Trinajstić information content (AvgIpc) is 3.34. The first-order valence-corrected chi connectivity index (χ1v) is 32.4. The summed E-state index contributed by atoms with van der Waals surface area (Å²) in [7, 11) is 1.30. The van der Waals surface area contributed by atoms with Gasteiger partial charge in [0.2, 0.25) is 5.91 Å². The molecule has 1 amide bonds. The van der Waals surface area contributed by atoms with Crippen LogP contribution in [-0.2, 0) is 18.4 Å². The Hall–Kier alpha value is -1.54. The molecule has 424 valence electrons. The van der Waals surface area contributed by atoms with E-state index in [4.69, 9.17) is 9.05 Å². The van der Waals surface area contributed by atoms with Gasteiger partial charge >= 0.3 is 0 Å². The summed E-state index contributed by atoms with van der Waals surface area (Å²) in [6.45, 7) is 4.63. The lowest BCUT2D eigenvalue weighted by atomic mass is 10.0. The second kappa shape index (κ2) is 54.3. The van der Waals surface area contributed by atoms with E-state index in [1.807, 2.05) is 21.1 Å². The Bertz CT molecular complexity index is 1310. The maximum Gasteiger partial charge on any atom is 0.268 e. The third-order valence-electron chi connectivity index (χ3n) is 14.1. The summed E-state index contributed by atoms with van der Waals surface area (Å²) >= 11 is 0. The van der Waals surface area contributed by atoms with E-state index < -0.39 is 20.0 Å². The monoisotopic (exact) mass is 1030 g/mol. The molecule has 0 aromatic rings. The molecule has 8 nitrogen and oxygen atoms in total. The molecular formula is C63H121N2O6P. The second-order valence-corrected chi connectivity index (χ2v) is 23.8. The van der Waals surface area contributed by atoms with Gasteiger partial charge in [0.25, 0.3) is 7.82 Å². The van der Waals surface area contributed by atoms with E-state index in [-0.39, 0.29) is 19.1 Å². The molecule has 3 unspecified atom stereocenters. The van der Waals surface area contributed by atoms with Crippen molar-refractivity contribution in [3.8, 4) is 0 Å². The summed E-state index contributed by atoms with van der Waals surface area (Å²) in [5.74, 6) is -0.176. The number of aliphatic hydroxyl groups excluding tert-OH is 1. The molecule has 0 aromatic heterocycles. The van der Waals surface area contributed by atoms with E-state index in [1.165, 1.54) is 193 Å².